The monoisotopic (exact) mass is 278 g/mol. The molecule has 0 saturated carbocycles. The zero-order valence-electron chi connectivity index (χ0n) is 10.5. The number of pyridine rings is 1. The highest BCUT2D eigenvalue weighted by molar-refractivity contribution is 7.09. The van der Waals surface area contributed by atoms with Crippen molar-refractivity contribution in [2.75, 3.05) is 6.61 Å². The molecule has 2 aromatic heterocycles. The van der Waals surface area contributed by atoms with Gasteiger partial charge in [-0.05, 0) is 19.1 Å². The Kier molecular flexibility index (Phi) is 4.59. The van der Waals surface area contributed by atoms with Gasteiger partial charge in [-0.2, -0.15) is 0 Å². The van der Waals surface area contributed by atoms with Crippen LogP contribution in [0.1, 0.15) is 26.6 Å². The summed E-state index contributed by atoms with van der Waals surface area (Å²) in [4.78, 5) is 20.1. The number of aromatic nitrogens is 2. The number of hydrogen-bond donors (Lipinski definition) is 1. The minimum absolute atomic E-state index is 0.184. The van der Waals surface area contributed by atoms with Crippen molar-refractivity contribution in [3.63, 3.8) is 0 Å². The van der Waals surface area contributed by atoms with Crippen LogP contribution in [-0.4, -0.2) is 27.7 Å². The van der Waals surface area contributed by atoms with E-state index in [1.807, 2.05) is 12.4 Å². The van der Waals surface area contributed by atoms with Gasteiger partial charge in [0, 0.05) is 17.5 Å². The molecule has 0 fully saturated rings. The fourth-order valence-corrected chi connectivity index (χ4v) is 2.31. The minimum atomic E-state index is -0.972. The van der Waals surface area contributed by atoms with Gasteiger partial charge in [0.2, 0.25) is 0 Å². The number of aryl methyl sites for hydroxylation is 1. The van der Waals surface area contributed by atoms with Gasteiger partial charge >= 0.3 is 5.97 Å². The molecule has 2 heterocycles. The molecule has 0 aliphatic carbocycles. The van der Waals surface area contributed by atoms with Crippen LogP contribution in [-0.2, 0) is 17.8 Å². The van der Waals surface area contributed by atoms with Crippen molar-refractivity contribution in [1.29, 1.82) is 0 Å². The number of rotatable bonds is 6. The van der Waals surface area contributed by atoms with Crippen LogP contribution >= 0.6 is 11.3 Å². The molecule has 2 rings (SSSR count). The summed E-state index contributed by atoms with van der Waals surface area (Å²) >= 11 is 1.63. The summed E-state index contributed by atoms with van der Waals surface area (Å²) in [7, 11) is 0. The number of thiazole rings is 1. The van der Waals surface area contributed by atoms with Crippen LogP contribution in [0.2, 0.25) is 0 Å². The quantitative estimate of drug-likeness (QED) is 0.821. The van der Waals surface area contributed by atoms with Gasteiger partial charge in [0.25, 0.3) is 0 Å². The lowest BCUT2D eigenvalue weighted by Crippen LogP contribution is -2.02. The van der Waals surface area contributed by atoms with Crippen molar-refractivity contribution >= 4 is 17.3 Å². The molecule has 0 radical (unpaired) electrons. The van der Waals surface area contributed by atoms with E-state index < -0.39 is 5.97 Å². The molecule has 5 nitrogen and oxygen atoms in total. The number of carboxylic acids is 1. The molecule has 0 atom stereocenters. The first-order valence-electron chi connectivity index (χ1n) is 5.81. The Morgan fingerprint density at radius 1 is 1.42 bits per heavy atom. The average molecular weight is 278 g/mol. The molecule has 1 N–H and O–H groups in total. The summed E-state index contributed by atoms with van der Waals surface area (Å²) in [5.74, 6) is -0.972. The Hall–Kier alpha value is -1.79. The predicted octanol–water partition coefficient (Wildman–Crippen LogP) is 2.30. The van der Waals surface area contributed by atoms with Gasteiger partial charge in [0.1, 0.15) is 0 Å². The summed E-state index contributed by atoms with van der Waals surface area (Å²) in [6.45, 7) is 2.97. The molecule has 0 saturated heterocycles. The summed E-state index contributed by atoms with van der Waals surface area (Å²) < 4.78 is 5.52. The Bertz CT molecular complexity index is 551. The van der Waals surface area contributed by atoms with Crippen LogP contribution in [0.25, 0.3) is 0 Å². The molecule has 2 aromatic rings. The highest BCUT2D eigenvalue weighted by atomic mass is 32.1. The van der Waals surface area contributed by atoms with Gasteiger partial charge in [-0.1, -0.05) is 0 Å². The predicted molar refractivity (Wildman–Crippen MR) is 71.4 cm³/mol. The molecule has 19 heavy (non-hydrogen) atoms. The molecular weight excluding hydrogens is 264 g/mol. The zero-order chi connectivity index (χ0) is 13.7. The third-order valence-electron chi connectivity index (χ3n) is 2.64. The molecule has 0 amide bonds. The zero-order valence-corrected chi connectivity index (χ0v) is 11.3. The smallest absolute Gasteiger partial charge is 0.337 e. The number of carbonyl (C=O) groups is 1. The maximum Gasteiger partial charge on any atom is 0.337 e. The van der Waals surface area contributed by atoms with Crippen molar-refractivity contribution in [3.8, 4) is 0 Å². The van der Waals surface area contributed by atoms with Crippen LogP contribution in [0.4, 0.5) is 0 Å². The SMILES string of the molecule is Cc1ncsc1CCOCc1ccc(C(=O)O)cn1. The lowest BCUT2D eigenvalue weighted by atomic mass is 10.2. The van der Waals surface area contributed by atoms with Gasteiger partial charge in [0.15, 0.2) is 0 Å². The van der Waals surface area contributed by atoms with Crippen molar-refractivity contribution in [1.82, 2.24) is 9.97 Å². The second-order valence-electron chi connectivity index (χ2n) is 4.01. The van der Waals surface area contributed by atoms with E-state index in [1.54, 1.807) is 17.4 Å². The fourth-order valence-electron chi connectivity index (χ4n) is 1.54. The van der Waals surface area contributed by atoms with E-state index >= 15 is 0 Å². The normalized spacial score (nSPS) is 10.6. The lowest BCUT2D eigenvalue weighted by molar-refractivity contribution is 0.0696. The van der Waals surface area contributed by atoms with Crippen LogP contribution in [0.15, 0.2) is 23.8 Å². The third kappa shape index (κ3) is 3.84. The fraction of sp³-hybridized carbons (Fsp3) is 0.308. The number of carboxylic acid groups (broad SMARTS) is 1. The second-order valence-corrected chi connectivity index (χ2v) is 4.95. The van der Waals surface area contributed by atoms with Crippen LogP contribution in [0, 0.1) is 6.92 Å². The highest BCUT2D eigenvalue weighted by Gasteiger charge is 2.04. The van der Waals surface area contributed by atoms with Crippen LogP contribution in [0.3, 0.4) is 0 Å². The van der Waals surface area contributed by atoms with Gasteiger partial charge in [0.05, 0.1) is 35.7 Å². The van der Waals surface area contributed by atoms with Crippen molar-refractivity contribution in [2.45, 2.75) is 20.0 Å². The lowest BCUT2D eigenvalue weighted by Gasteiger charge is -2.03. The second kappa shape index (κ2) is 6.40. The highest BCUT2D eigenvalue weighted by Crippen LogP contribution is 2.12. The number of aromatic carboxylic acids is 1. The van der Waals surface area contributed by atoms with Crippen LogP contribution in [0.5, 0.6) is 0 Å². The summed E-state index contributed by atoms with van der Waals surface area (Å²) in [6.07, 6.45) is 2.18. The first-order valence-corrected chi connectivity index (χ1v) is 6.69. The first kappa shape index (κ1) is 13.6. The first-order chi connectivity index (χ1) is 9.16. The van der Waals surface area contributed by atoms with E-state index in [0.29, 0.717) is 13.2 Å². The van der Waals surface area contributed by atoms with Gasteiger partial charge in [-0.15, -0.1) is 11.3 Å². The van der Waals surface area contributed by atoms with E-state index in [-0.39, 0.29) is 5.56 Å². The van der Waals surface area contributed by atoms with Gasteiger partial charge in [-0.25, -0.2) is 9.78 Å². The molecule has 0 bridgehead atoms. The van der Waals surface area contributed by atoms with E-state index in [2.05, 4.69) is 9.97 Å². The van der Waals surface area contributed by atoms with E-state index in [1.165, 1.54) is 17.1 Å². The molecule has 0 spiro atoms. The molecule has 0 aliphatic heterocycles. The maximum absolute atomic E-state index is 10.7. The number of hydrogen-bond acceptors (Lipinski definition) is 5. The number of nitrogens with zero attached hydrogens (tertiary/aromatic N) is 2. The van der Waals surface area contributed by atoms with Crippen LogP contribution < -0.4 is 0 Å². The summed E-state index contributed by atoms with van der Waals surface area (Å²) in [5.41, 5.74) is 3.80. The molecule has 0 aliphatic rings. The third-order valence-corrected chi connectivity index (χ3v) is 3.63. The van der Waals surface area contributed by atoms with E-state index in [4.69, 9.17) is 9.84 Å². The average Bonchev–Trinajstić information content (AvgIpc) is 2.81. The standard InChI is InChI=1S/C13H14N2O3S/c1-9-12(19-8-15-9)4-5-18-7-11-3-2-10(6-14-11)13(16)17/h2-3,6,8H,4-5,7H2,1H3,(H,16,17). The Labute approximate surface area is 114 Å². The molecular formula is C13H14N2O3S. The van der Waals surface area contributed by atoms with E-state index in [0.717, 1.165) is 17.8 Å². The molecule has 100 valence electrons. The Morgan fingerprint density at radius 2 is 2.26 bits per heavy atom. The molecule has 0 unspecified atom stereocenters. The Balaban J connectivity index is 1.76. The van der Waals surface area contributed by atoms with E-state index in [9.17, 15) is 4.79 Å². The van der Waals surface area contributed by atoms with Crippen molar-refractivity contribution in [3.05, 3.63) is 45.7 Å². The summed E-state index contributed by atoms with van der Waals surface area (Å²) in [6, 6.07) is 3.20. The topological polar surface area (TPSA) is 72.3 Å². The number of ether oxygens (including phenoxy) is 1. The van der Waals surface area contributed by atoms with Crippen molar-refractivity contribution < 1.29 is 14.6 Å². The summed E-state index contributed by atoms with van der Waals surface area (Å²) in [5, 5.41) is 8.75. The largest absolute Gasteiger partial charge is 0.478 e. The van der Waals surface area contributed by atoms with Crippen molar-refractivity contribution in [2.24, 2.45) is 0 Å². The van der Waals surface area contributed by atoms with Gasteiger partial charge < -0.3 is 9.84 Å². The molecule has 0 aromatic carbocycles. The molecule has 6 heteroatoms. The Morgan fingerprint density at radius 3 is 2.84 bits per heavy atom. The van der Waals surface area contributed by atoms with Gasteiger partial charge in [-0.3, -0.25) is 4.98 Å². The minimum Gasteiger partial charge on any atom is -0.478 e. The maximum atomic E-state index is 10.7.